The van der Waals surface area contributed by atoms with Gasteiger partial charge in [-0.15, -0.1) is 0 Å². The SMILES string of the molecule is Nc1nccc(Sc2cnc(N3C[C@@H]4[C@H](N)[C@@H]4C3)n3ccnc23)c1Cl. The van der Waals surface area contributed by atoms with Crippen molar-refractivity contribution in [3.8, 4) is 0 Å². The van der Waals surface area contributed by atoms with E-state index in [0.717, 1.165) is 34.5 Å². The molecule has 1 saturated heterocycles. The molecule has 7 nitrogen and oxygen atoms in total. The number of nitrogen functional groups attached to an aromatic ring is 1. The van der Waals surface area contributed by atoms with Crippen molar-refractivity contribution in [1.29, 1.82) is 0 Å². The summed E-state index contributed by atoms with van der Waals surface area (Å²) < 4.78 is 2.02. The number of fused-ring (bicyclic) bond motifs is 2. The molecule has 3 aromatic heterocycles. The fourth-order valence-electron chi connectivity index (χ4n) is 3.56. The van der Waals surface area contributed by atoms with Crippen molar-refractivity contribution >= 4 is 40.8 Å². The van der Waals surface area contributed by atoms with Crippen LogP contribution in [0.3, 0.4) is 0 Å². The summed E-state index contributed by atoms with van der Waals surface area (Å²) in [5, 5.41) is 0.454. The second-order valence-corrected chi connectivity index (χ2v) is 7.93. The quantitative estimate of drug-likeness (QED) is 0.723. The molecular formula is C16H16ClN7S. The maximum atomic E-state index is 6.26. The molecule has 9 heteroatoms. The Morgan fingerprint density at radius 3 is 2.72 bits per heavy atom. The summed E-state index contributed by atoms with van der Waals surface area (Å²) in [7, 11) is 0. The highest BCUT2D eigenvalue weighted by Crippen LogP contribution is 2.45. The van der Waals surface area contributed by atoms with Crippen LogP contribution in [0, 0.1) is 11.8 Å². The van der Waals surface area contributed by atoms with E-state index in [9.17, 15) is 0 Å². The summed E-state index contributed by atoms with van der Waals surface area (Å²) >= 11 is 7.75. The third-order valence-electron chi connectivity index (χ3n) is 5.02. The Kier molecular flexibility index (Phi) is 3.34. The van der Waals surface area contributed by atoms with Gasteiger partial charge < -0.3 is 16.4 Å². The van der Waals surface area contributed by atoms with Gasteiger partial charge in [-0.25, -0.2) is 15.0 Å². The van der Waals surface area contributed by atoms with E-state index in [0.29, 0.717) is 28.7 Å². The van der Waals surface area contributed by atoms with Gasteiger partial charge in [0.15, 0.2) is 5.65 Å². The van der Waals surface area contributed by atoms with Gasteiger partial charge in [0.2, 0.25) is 5.95 Å². The van der Waals surface area contributed by atoms with Crippen molar-refractivity contribution in [3.05, 3.63) is 35.9 Å². The fourth-order valence-corrected chi connectivity index (χ4v) is 4.70. The van der Waals surface area contributed by atoms with Gasteiger partial charge in [0.05, 0.1) is 9.92 Å². The van der Waals surface area contributed by atoms with E-state index >= 15 is 0 Å². The van der Waals surface area contributed by atoms with E-state index in [2.05, 4.69) is 19.9 Å². The predicted octanol–water partition coefficient (Wildman–Crippen LogP) is 1.90. The predicted molar refractivity (Wildman–Crippen MR) is 97.9 cm³/mol. The minimum Gasteiger partial charge on any atom is -0.382 e. The van der Waals surface area contributed by atoms with Gasteiger partial charge in [-0.3, -0.25) is 4.40 Å². The van der Waals surface area contributed by atoms with Gasteiger partial charge in [0.25, 0.3) is 0 Å². The molecule has 0 unspecified atom stereocenters. The van der Waals surface area contributed by atoms with Crippen molar-refractivity contribution in [3.63, 3.8) is 0 Å². The molecule has 128 valence electrons. The number of hydrogen-bond acceptors (Lipinski definition) is 7. The molecule has 0 spiro atoms. The molecule has 0 radical (unpaired) electrons. The second kappa shape index (κ2) is 5.48. The van der Waals surface area contributed by atoms with Gasteiger partial charge in [0.1, 0.15) is 5.82 Å². The third kappa shape index (κ3) is 2.36. The Balaban J connectivity index is 1.50. The zero-order chi connectivity index (χ0) is 17.1. The van der Waals surface area contributed by atoms with Crippen molar-refractivity contribution in [2.24, 2.45) is 17.6 Å². The molecule has 0 aromatic carbocycles. The number of rotatable bonds is 3. The largest absolute Gasteiger partial charge is 0.382 e. The summed E-state index contributed by atoms with van der Waals surface area (Å²) in [4.78, 5) is 17.2. The number of imidazole rings is 1. The molecule has 1 aliphatic heterocycles. The number of nitrogens with zero attached hydrogens (tertiary/aromatic N) is 5. The van der Waals surface area contributed by atoms with Crippen molar-refractivity contribution in [2.75, 3.05) is 23.7 Å². The maximum absolute atomic E-state index is 6.26. The fraction of sp³-hybridized carbons (Fsp3) is 0.312. The Labute approximate surface area is 153 Å². The molecule has 0 amide bonds. The first-order valence-electron chi connectivity index (χ1n) is 8.04. The molecule has 25 heavy (non-hydrogen) atoms. The van der Waals surface area contributed by atoms with Gasteiger partial charge in [-0.2, -0.15) is 0 Å². The van der Waals surface area contributed by atoms with Crippen LogP contribution < -0.4 is 16.4 Å². The minimum absolute atomic E-state index is 0.322. The minimum atomic E-state index is 0.322. The van der Waals surface area contributed by atoms with Gasteiger partial charge in [-0.1, -0.05) is 23.4 Å². The summed E-state index contributed by atoms with van der Waals surface area (Å²) in [5.41, 5.74) is 12.7. The van der Waals surface area contributed by atoms with Crippen LogP contribution >= 0.6 is 23.4 Å². The van der Waals surface area contributed by atoms with Crippen LogP contribution in [0.5, 0.6) is 0 Å². The molecule has 3 aromatic rings. The van der Waals surface area contributed by atoms with Crippen LogP contribution in [0.25, 0.3) is 5.65 Å². The average Bonchev–Trinajstić information content (AvgIpc) is 3.06. The van der Waals surface area contributed by atoms with Crippen LogP contribution in [0.15, 0.2) is 40.6 Å². The van der Waals surface area contributed by atoms with E-state index < -0.39 is 0 Å². The molecule has 1 saturated carbocycles. The highest BCUT2D eigenvalue weighted by atomic mass is 35.5. The lowest BCUT2D eigenvalue weighted by Crippen LogP contribution is -2.30. The lowest BCUT2D eigenvalue weighted by molar-refractivity contribution is 0.718. The molecule has 1 aliphatic carbocycles. The molecule has 0 bridgehead atoms. The van der Waals surface area contributed by atoms with E-state index in [1.807, 2.05) is 22.9 Å². The van der Waals surface area contributed by atoms with Gasteiger partial charge in [-0.05, 0) is 17.9 Å². The van der Waals surface area contributed by atoms with E-state index in [1.165, 1.54) is 11.8 Å². The summed E-state index contributed by atoms with van der Waals surface area (Å²) in [6.07, 6.45) is 7.22. The van der Waals surface area contributed by atoms with Crippen LogP contribution in [0.2, 0.25) is 5.02 Å². The normalized spacial score (nSPS) is 24.7. The Bertz CT molecular complexity index is 962. The van der Waals surface area contributed by atoms with E-state index in [1.54, 1.807) is 12.4 Å². The number of piperidine rings is 1. The van der Waals surface area contributed by atoms with Crippen molar-refractivity contribution < 1.29 is 0 Å². The first-order valence-corrected chi connectivity index (χ1v) is 9.23. The molecule has 4 N–H and O–H groups in total. The maximum Gasteiger partial charge on any atom is 0.211 e. The Morgan fingerprint density at radius 1 is 1.12 bits per heavy atom. The van der Waals surface area contributed by atoms with Crippen molar-refractivity contribution in [1.82, 2.24) is 19.4 Å². The zero-order valence-corrected chi connectivity index (χ0v) is 14.8. The molecule has 2 fully saturated rings. The standard InChI is InChI=1S/C16H16ClN7S/c17-12-10(1-2-20-14(12)19)25-11-5-22-16(24-4-3-21-15(11)24)23-6-8-9(7-23)13(8)18/h1-5,8-9,13H,6-7,18H2,(H2,19,20)/t8-,9+,13-. The van der Waals surface area contributed by atoms with Crippen LogP contribution in [0.4, 0.5) is 11.8 Å². The molecule has 5 rings (SSSR count). The number of hydrogen-bond donors (Lipinski definition) is 2. The monoisotopic (exact) mass is 373 g/mol. The lowest BCUT2D eigenvalue weighted by atomic mass is 10.4. The Hall–Kier alpha value is -2.03. The lowest BCUT2D eigenvalue weighted by Gasteiger charge is -2.21. The summed E-state index contributed by atoms with van der Waals surface area (Å²) in [6, 6.07) is 2.20. The highest BCUT2D eigenvalue weighted by molar-refractivity contribution is 7.99. The highest BCUT2D eigenvalue weighted by Gasteiger charge is 2.54. The first kappa shape index (κ1) is 15.2. The van der Waals surface area contributed by atoms with Crippen LogP contribution in [-0.2, 0) is 0 Å². The topological polar surface area (TPSA) is 98.4 Å². The smallest absolute Gasteiger partial charge is 0.211 e. The second-order valence-electron chi connectivity index (χ2n) is 6.46. The third-order valence-corrected chi connectivity index (χ3v) is 6.59. The van der Waals surface area contributed by atoms with Gasteiger partial charge >= 0.3 is 0 Å². The van der Waals surface area contributed by atoms with E-state index in [-0.39, 0.29) is 0 Å². The number of nitrogens with two attached hydrogens (primary N) is 2. The molecule has 2 aliphatic rings. The number of halogens is 1. The molecule has 3 atom stereocenters. The number of aromatic nitrogens is 4. The summed E-state index contributed by atoms with van der Waals surface area (Å²) in [5.74, 6) is 2.45. The summed E-state index contributed by atoms with van der Waals surface area (Å²) in [6.45, 7) is 1.93. The van der Waals surface area contributed by atoms with Crippen molar-refractivity contribution in [2.45, 2.75) is 15.8 Å². The number of anilines is 2. The van der Waals surface area contributed by atoms with Crippen LogP contribution in [0.1, 0.15) is 0 Å². The average molecular weight is 374 g/mol. The van der Waals surface area contributed by atoms with Gasteiger partial charge in [0, 0.05) is 48.8 Å². The Morgan fingerprint density at radius 2 is 1.92 bits per heavy atom. The molecule has 4 heterocycles. The van der Waals surface area contributed by atoms with Crippen LogP contribution in [-0.4, -0.2) is 38.5 Å². The van der Waals surface area contributed by atoms with E-state index in [4.69, 9.17) is 23.1 Å². The molecular weight excluding hydrogens is 358 g/mol. The first-order chi connectivity index (χ1) is 12.1. The number of pyridine rings is 1. The zero-order valence-electron chi connectivity index (χ0n) is 13.2.